The molecule has 0 N–H and O–H groups in total. The topological polar surface area (TPSA) is 35.0 Å². The smallest absolute Gasteiger partial charge is 0.163 e. The minimum Gasteiger partial charge on any atom is -0.329 e. The van der Waals surface area contributed by atoms with Crippen molar-refractivity contribution >= 4 is 33.3 Å². The van der Waals surface area contributed by atoms with Crippen molar-refractivity contribution in [2.24, 2.45) is 10.9 Å². The van der Waals surface area contributed by atoms with Gasteiger partial charge in [-0.1, -0.05) is 26.8 Å². The molecule has 3 heterocycles. The third-order valence-electron chi connectivity index (χ3n) is 5.52. The molecule has 3 rings (SSSR count). The second kappa shape index (κ2) is 8.84. The first kappa shape index (κ1) is 20.5. The monoisotopic (exact) mass is 433 g/mol. The Morgan fingerprint density at radius 3 is 2.78 bits per heavy atom. The van der Waals surface area contributed by atoms with Crippen LogP contribution in [0.5, 0.6) is 0 Å². The van der Waals surface area contributed by atoms with E-state index in [1.54, 1.807) is 0 Å². The van der Waals surface area contributed by atoms with Crippen molar-refractivity contribution in [1.82, 2.24) is 19.7 Å². The fourth-order valence-electron chi connectivity index (χ4n) is 4.30. The molecular formula is C21H32BrN5. The Morgan fingerprint density at radius 2 is 2.07 bits per heavy atom. The summed E-state index contributed by atoms with van der Waals surface area (Å²) in [6, 6.07) is 2.38. The van der Waals surface area contributed by atoms with Crippen LogP contribution in [0, 0.1) is 5.92 Å². The van der Waals surface area contributed by atoms with Gasteiger partial charge in [-0.05, 0) is 48.3 Å². The number of nitrogens with zero attached hydrogens (tertiary/aromatic N) is 5. The summed E-state index contributed by atoms with van der Waals surface area (Å²) in [5, 5.41) is 0. The number of fused-ring (bicyclic) bond motifs is 1. The lowest BCUT2D eigenvalue weighted by Gasteiger charge is -2.40. The highest BCUT2D eigenvalue weighted by Crippen LogP contribution is 2.35. The van der Waals surface area contributed by atoms with Gasteiger partial charge in [0.1, 0.15) is 5.84 Å². The van der Waals surface area contributed by atoms with Gasteiger partial charge in [0.2, 0.25) is 0 Å². The first-order valence-electron chi connectivity index (χ1n) is 10.1. The van der Waals surface area contributed by atoms with Crippen molar-refractivity contribution < 1.29 is 0 Å². The van der Waals surface area contributed by atoms with Crippen LogP contribution in [-0.4, -0.2) is 71.3 Å². The van der Waals surface area contributed by atoms with E-state index in [1.165, 1.54) is 0 Å². The number of amidine groups is 1. The number of aromatic nitrogens is 1. The summed E-state index contributed by atoms with van der Waals surface area (Å²) >= 11 is 3.53. The van der Waals surface area contributed by atoms with E-state index in [0.717, 1.165) is 73.0 Å². The minimum atomic E-state index is 0.305. The summed E-state index contributed by atoms with van der Waals surface area (Å²) in [6.07, 6.45) is 4.06. The number of halogens is 1. The fourth-order valence-corrected chi connectivity index (χ4v) is 4.63. The molecule has 6 heteroatoms. The van der Waals surface area contributed by atoms with Crippen molar-refractivity contribution in [2.75, 3.05) is 39.8 Å². The van der Waals surface area contributed by atoms with E-state index < -0.39 is 0 Å². The van der Waals surface area contributed by atoms with Gasteiger partial charge in [0.15, 0.2) is 5.82 Å². The summed E-state index contributed by atoms with van der Waals surface area (Å²) in [4.78, 5) is 17.0. The van der Waals surface area contributed by atoms with Crippen LogP contribution in [0.4, 0.5) is 5.82 Å². The Balaban J connectivity index is 2.00. The predicted octanol–water partition coefficient (Wildman–Crippen LogP) is 4.23. The molecule has 2 atom stereocenters. The average molecular weight is 434 g/mol. The highest BCUT2D eigenvalue weighted by atomic mass is 79.9. The van der Waals surface area contributed by atoms with Crippen molar-refractivity contribution in [1.29, 1.82) is 0 Å². The number of aliphatic imine (C=N–C) groups is 1. The van der Waals surface area contributed by atoms with E-state index in [9.17, 15) is 0 Å². The maximum Gasteiger partial charge on any atom is 0.163 e. The SMILES string of the molecule is C=C1c2cc(Br)cnc2N=C([C@@H](CCC)N2CCN(C)C[C@@H](C)C2)N1CC. The quantitative estimate of drug-likeness (QED) is 0.695. The highest BCUT2D eigenvalue weighted by molar-refractivity contribution is 9.10. The first-order chi connectivity index (χ1) is 12.9. The highest BCUT2D eigenvalue weighted by Gasteiger charge is 2.33. The first-order valence-corrected chi connectivity index (χ1v) is 10.9. The van der Waals surface area contributed by atoms with Gasteiger partial charge in [-0.15, -0.1) is 0 Å². The second-order valence-corrected chi connectivity index (χ2v) is 8.77. The van der Waals surface area contributed by atoms with Crippen molar-refractivity contribution in [3.8, 4) is 0 Å². The molecule has 1 fully saturated rings. The lowest BCUT2D eigenvalue weighted by Crippen LogP contribution is -2.50. The molecule has 0 unspecified atom stereocenters. The summed E-state index contributed by atoms with van der Waals surface area (Å²) in [5.74, 6) is 2.56. The van der Waals surface area contributed by atoms with Gasteiger partial charge < -0.3 is 9.80 Å². The van der Waals surface area contributed by atoms with Crippen LogP contribution in [0.2, 0.25) is 0 Å². The predicted molar refractivity (Wildman–Crippen MR) is 117 cm³/mol. The van der Waals surface area contributed by atoms with Crippen LogP contribution in [-0.2, 0) is 0 Å². The zero-order chi connectivity index (χ0) is 19.6. The summed E-state index contributed by atoms with van der Waals surface area (Å²) in [6.45, 7) is 16.5. The number of hydrogen-bond acceptors (Lipinski definition) is 5. The van der Waals surface area contributed by atoms with Crippen LogP contribution >= 0.6 is 15.9 Å². The molecule has 148 valence electrons. The Bertz CT molecular complexity index is 717. The zero-order valence-electron chi connectivity index (χ0n) is 17.1. The van der Waals surface area contributed by atoms with Gasteiger partial charge in [-0.3, -0.25) is 4.90 Å². The van der Waals surface area contributed by atoms with E-state index in [4.69, 9.17) is 4.99 Å². The molecule has 1 saturated heterocycles. The lowest BCUT2D eigenvalue weighted by atomic mass is 10.0. The van der Waals surface area contributed by atoms with E-state index >= 15 is 0 Å². The van der Waals surface area contributed by atoms with E-state index in [1.807, 2.05) is 6.20 Å². The Hall–Kier alpha value is -1.24. The van der Waals surface area contributed by atoms with Crippen molar-refractivity contribution in [3.63, 3.8) is 0 Å². The molecule has 0 spiro atoms. The molecule has 0 amide bonds. The summed E-state index contributed by atoms with van der Waals surface area (Å²) in [7, 11) is 2.23. The Morgan fingerprint density at radius 1 is 1.30 bits per heavy atom. The maximum absolute atomic E-state index is 5.05. The number of hydrogen-bond donors (Lipinski definition) is 0. The lowest BCUT2D eigenvalue weighted by molar-refractivity contribution is 0.215. The summed E-state index contributed by atoms with van der Waals surface area (Å²) in [5.41, 5.74) is 2.03. The van der Waals surface area contributed by atoms with Crippen molar-refractivity contribution in [2.45, 2.75) is 39.7 Å². The van der Waals surface area contributed by atoms with Crippen LogP contribution < -0.4 is 0 Å². The number of pyridine rings is 1. The van der Waals surface area contributed by atoms with Crippen LogP contribution in [0.25, 0.3) is 5.70 Å². The van der Waals surface area contributed by atoms with Gasteiger partial charge in [0.05, 0.1) is 6.04 Å². The molecule has 0 saturated carbocycles. The van der Waals surface area contributed by atoms with Crippen LogP contribution in [0.3, 0.4) is 0 Å². The molecule has 0 bridgehead atoms. The van der Waals surface area contributed by atoms with Gasteiger partial charge in [0.25, 0.3) is 0 Å². The standard InChI is InChI=1S/C21H32BrN5/c1-6-8-19(26-10-9-25(5)13-15(3)14-26)21-24-20-18(11-17(22)12-23-20)16(4)27(21)7-2/h11-12,15,19H,4,6-10,13-14H2,1-3,5H3/t15-,19-/m1/s1. The third-order valence-corrected chi connectivity index (χ3v) is 5.96. The number of rotatable bonds is 5. The van der Waals surface area contributed by atoms with Gasteiger partial charge >= 0.3 is 0 Å². The molecule has 27 heavy (non-hydrogen) atoms. The Kier molecular flexibility index (Phi) is 6.71. The molecular weight excluding hydrogens is 402 g/mol. The summed E-state index contributed by atoms with van der Waals surface area (Å²) < 4.78 is 0.964. The van der Waals surface area contributed by atoms with Crippen molar-refractivity contribution in [3.05, 3.63) is 28.9 Å². The molecule has 0 radical (unpaired) electrons. The van der Waals surface area contributed by atoms with Crippen LogP contribution in [0.1, 0.15) is 39.2 Å². The van der Waals surface area contributed by atoms with E-state index in [0.29, 0.717) is 12.0 Å². The van der Waals surface area contributed by atoms with Gasteiger partial charge in [-0.25, -0.2) is 9.98 Å². The van der Waals surface area contributed by atoms with Crippen LogP contribution in [0.15, 0.2) is 28.3 Å². The molecule has 1 aromatic heterocycles. The minimum absolute atomic E-state index is 0.305. The maximum atomic E-state index is 5.05. The molecule has 1 aromatic rings. The third kappa shape index (κ3) is 4.44. The average Bonchev–Trinajstić information content (AvgIpc) is 2.80. The molecule has 0 aliphatic carbocycles. The molecule has 2 aliphatic heterocycles. The van der Waals surface area contributed by atoms with Gasteiger partial charge in [0, 0.05) is 54.7 Å². The van der Waals surface area contributed by atoms with Gasteiger partial charge in [-0.2, -0.15) is 0 Å². The second-order valence-electron chi connectivity index (χ2n) is 7.85. The molecule has 0 aromatic carbocycles. The zero-order valence-corrected chi connectivity index (χ0v) is 18.7. The van der Waals surface area contributed by atoms with E-state index in [-0.39, 0.29) is 0 Å². The largest absolute Gasteiger partial charge is 0.329 e. The number of likely N-dealkylation sites (N-methyl/N-ethyl adjacent to an activating group) is 2. The fraction of sp³-hybridized carbons (Fsp3) is 0.619. The molecule has 2 aliphatic rings. The molecule has 5 nitrogen and oxygen atoms in total. The van der Waals surface area contributed by atoms with E-state index in [2.05, 4.69) is 76.1 Å². The normalized spacial score (nSPS) is 23.0. The Labute approximate surface area is 172 Å².